The minimum atomic E-state index is -0.474. The Kier molecular flexibility index (Phi) is 6.16. The van der Waals surface area contributed by atoms with Crippen molar-refractivity contribution in [3.8, 4) is 0 Å². The number of primary amides is 1. The number of carbonyl (C=O) groups excluding carboxylic acids is 3. The molecular formula is C21H22N4O3. The number of nitrogens with zero attached hydrogens (tertiary/aromatic N) is 2. The lowest BCUT2D eigenvalue weighted by molar-refractivity contribution is -0.132. The predicted octanol–water partition coefficient (Wildman–Crippen LogP) is 2.07. The zero-order valence-electron chi connectivity index (χ0n) is 15.4. The number of nitrogens with two attached hydrogens (primary N) is 1. The summed E-state index contributed by atoms with van der Waals surface area (Å²) in [5.74, 6) is -0.957. The predicted molar refractivity (Wildman–Crippen MR) is 107 cm³/mol. The highest BCUT2D eigenvalue weighted by molar-refractivity contribution is 6.03. The molecule has 0 saturated heterocycles. The summed E-state index contributed by atoms with van der Waals surface area (Å²) in [5.41, 5.74) is 8.28. The molecule has 0 unspecified atom stereocenters. The molecule has 0 bridgehead atoms. The molecule has 2 aromatic rings. The summed E-state index contributed by atoms with van der Waals surface area (Å²) in [5, 5.41) is 8.55. The second-order valence-electron chi connectivity index (χ2n) is 6.53. The van der Waals surface area contributed by atoms with Crippen molar-refractivity contribution < 1.29 is 14.4 Å². The van der Waals surface area contributed by atoms with Gasteiger partial charge in [0.2, 0.25) is 17.7 Å². The largest absolute Gasteiger partial charge is 0.369 e. The van der Waals surface area contributed by atoms with Crippen molar-refractivity contribution in [1.82, 2.24) is 5.01 Å². The van der Waals surface area contributed by atoms with Gasteiger partial charge in [0.05, 0.1) is 18.7 Å². The van der Waals surface area contributed by atoms with Crippen LogP contribution < -0.4 is 11.1 Å². The first kappa shape index (κ1) is 19.3. The van der Waals surface area contributed by atoms with E-state index in [0.717, 1.165) is 11.3 Å². The molecule has 3 amide bonds. The van der Waals surface area contributed by atoms with Crippen LogP contribution in [-0.4, -0.2) is 35.0 Å². The van der Waals surface area contributed by atoms with E-state index >= 15 is 0 Å². The lowest BCUT2D eigenvalue weighted by Gasteiger charge is -2.12. The lowest BCUT2D eigenvalue weighted by atomic mass is 10.1. The zero-order chi connectivity index (χ0) is 19.9. The van der Waals surface area contributed by atoms with E-state index in [0.29, 0.717) is 24.2 Å². The van der Waals surface area contributed by atoms with E-state index in [1.165, 1.54) is 5.01 Å². The molecule has 1 heterocycles. The van der Waals surface area contributed by atoms with E-state index in [1.54, 1.807) is 24.3 Å². The van der Waals surface area contributed by atoms with Gasteiger partial charge in [0.1, 0.15) is 0 Å². The Bertz CT molecular complexity index is 909. The van der Waals surface area contributed by atoms with Crippen LogP contribution in [-0.2, 0) is 20.8 Å². The van der Waals surface area contributed by atoms with E-state index in [9.17, 15) is 14.4 Å². The van der Waals surface area contributed by atoms with Gasteiger partial charge in [0.25, 0.3) is 0 Å². The summed E-state index contributed by atoms with van der Waals surface area (Å²) < 4.78 is 0. The van der Waals surface area contributed by atoms with E-state index in [2.05, 4.69) is 10.4 Å². The van der Waals surface area contributed by atoms with E-state index in [4.69, 9.17) is 5.73 Å². The maximum Gasteiger partial charge on any atom is 0.243 e. The molecule has 3 rings (SSSR count). The van der Waals surface area contributed by atoms with Gasteiger partial charge in [0, 0.05) is 24.9 Å². The van der Waals surface area contributed by atoms with Crippen molar-refractivity contribution in [2.45, 2.75) is 25.7 Å². The summed E-state index contributed by atoms with van der Waals surface area (Å²) in [4.78, 5) is 35.7. The van der Waals surface area contributed by atoms with Crippen LogP contribution in [0.1, 0.15) is 30.4 Å². The van der Waals surface area contributed by atoms with Crippen molar-refractivity contribution >= 4 is 29.1 Å². The Morgan fingerprint density at radius 3 is 2.46 bits per heavy atom. The molecule has 0 saturated carbocycles. The molecule has 0 radical (unpaired) electrons. The maximum atomic E-state index is 12.4. The second kappa shape index (κ2) is 8.94. The molecule has 1 aliphatic heterocycles. The van der Waals surface area contributed by atoms with Crippen LogP contribution in [0.5, 0.6) is 0 Å². The maximum absolute atomic E-state index is 12.4. The van der Waals surface area contributed by atoms with Crippen LogP contribution in [0.25, 0.3) is 0 Å². The summed E-state index contributed by atoms with van der Waals surface area (Å²) in [7, 11) is 0. The fourth-order valence-electron chi connectivity index (χ4n) is 3.02. The normalized spacial score (nSPS) is 13.1. The molecule has 2 aromatic carbocycles. The first-order valence-electron chi connectivity index (χ1n) is 9.12. The van der Waals surface area contributed by atoms with Gasteiger partial charge in [-0.25, -0.2) is 5.01 Å². The minimum Gasteiger partial charge on any atom is -0.369 e. The number of hydrogen-bond donors (Lipinski definition) is 2. The number of amides is 3. The van der Waals surface area contributed by atoms with E-state index in [1.807, 2.05) is 30.3 Å². The number of carbonyl (C=O) groups is 3. The van der Waals surface area contributed by atoms with E-state index < -0.39 is 5.91 Å². The van der Waals surface area contributed by atoms with Crippen molar-refractivity contribution in [2.75, 3.05) is 11.9 Å². The van der Waals surface area contributed by atoms with Gasteiger partial charge in [0.15, 0.2) is 0 Å². The molecule has 1 aliphatic rings. The summed E-state index contributed by atoms with van der Waals surface area (Å²) >= 11 is 0. The third kappa shape index (κ3) is 5.03. The molecule has 0 aliphatic carbocycles. The first-order valence-corrected chi connectivity index (χ1v) is 9.12. The van der Waals surface area contributed by atoms with Crippen molar-refractivity contribution in [1.29, 1.82) is 0 Å². The monoisotopic (exact) mass is 378 g/mol. The Balaban J connectivity index is 1.53. The molecule has 0 aromatic heterocycles. The number of rotatable bonds is 7. The summed E-state index contributed by atoms with van der Waals surface area (Å²) in [6, 6.07) is 16.7. The lowest BCUT2D eigenvalue weighted by Crippen LogP contribution is -2.25. The van der Waals surface area contributed by atoms with Gasteiger partial charge in [-0.05, 0) is 17.2 Å². The van der Waals surface area contributed by atoms with Gasteiger partial charge in [-0.2, -0.15) is 5.10 Å². The van der Waals surface area contributed by atoms with Gasteiger partial charge in [-0.15, -0.1) is 0 Å². The molecule has 144 valence electrons. The van der Waals surface area contributed by atoms with Crippen molar-refractivity contribution in [2.24, 2.45) is 10.8 Å². The second-order valence-corrected chi connectivity index (χ2v) is 6.53. The molecule has 0 atom stereocenters. The fourth-order valence-corrected chi connectivity index (χ4v) is 3.02. The highest BCUT2D eigenvalue weighted by atomic mass is 16.2. The van der Waals surface area contributed by atoms with Crippen molar-refractivity contribution in [3.05, 3.63) is 65.7 Å². The SMILES string of the molecule is NC(=O)Cc1ccccc1NC(=O)CCC(=O)N1CCC(c2ccccc2)=N1. The third-order valence-corrected chi connectivity index (χ3v) is 4.42. The van der Waals surface area contributed by atoms with E-state index in [-0.39, 0.29) is 31.1 Å². The van der Waals surface area contributed by atoms with Gasteiger partial charge < -0.3 is 11.1 Å². The zero-order valence-corrected chi connectivity index (χ0v) is 15.4. The van der Waals surface area contributed by atoms with Crippen LogP contribution in [0.2, 0.25) is 0 Å². The van der Waals surface area contributed by atoms with Gasteiger partial charge in [-0.1, -0.05) is 48.5 Å². The fraction of sp³-hybridized carbons (Fsp3) is 0.238. The Morgan fingerprint density at radius 2 is 1.71 bits per heavy atom. The van der Waals surface area contributed by atoms with Crippen LogP contribution in [0.15, 0.2) is 59.7 Å². The average molecular weight is 378 g/mol. The van der Waals surface area contributed by atoms with Crippen molar-refractivity contribution in [3.63, 3.8) is 0 Å². The number of benzene rings is 2. The summed E-state index contributed by atoms with van der Waals surface area (Å²) in [6.45, 7) is 0.520. The molecular weight excluding hydrogens is 356 g/mol. The number of nitrogens with one attached hydrogen (secondary N) is 1. The Morgan fingerprint density at radius 1 is 1.00 bits per heavy atom. The number of anilines is 1. The molecule has 3 N–H and O–H groups in total. The molecule has 0 spiro atoms. The molecule has 7 nitrogen and oxygen atoms in total. The van der Waals surface area contributed by atoms with Crippen LogP contribution in [0, 0.1) is 0 Å². The standard InChI is InChI=1S/C21H22N4O3/c22-19(26)14-16-8-4-5-9-17(16)23-20(27)10-11-21(28)25-13-12-18(24-25)15-6-2-1-3-7-15/h1-9H,10-14H2,(H2,22,26)(H,23,27). The topological polar surface area (TPSA) is 105 Å². The summed E-state index contributed by atoms with van der Waals surface area (Å²) in [6.07, 6.45) is 0.842. The first-order chi connectivity index (χ1) is 13.5. The quantitative estimate of drug-likeness (QED) is 0.770. The number of hydrazone groups is 1. The number of hydrogen-bond acceptors (Lipinski definition) is 4. The van der Waals surface area contributed by atoms with Gasteiger partial charge in [-0.3, -0.25) is 14.4 Å². The Labute approximate surface area is 163 Å². The third-order valence-electron chi connectivity index (χ3n) is 4.42. The molecule has 28 heavy (non-hydrogen) atoms. The minimum absolute atomic E-state index is 0.0381. The van der Waals surface area contributed by atoms with Crippen LogP contribution >= 0.6 is 0 Å². The molecule has 0 fully saturated rings. The highest BCUT2D eigenvalue weighted by Crippen LogP contribution is 2.17. The average Bonchev–Trinajstić information content (AvgIpc) is 3.18. The van der Waals surface area contributed by atoms with Crippen LogP contribution in [0.3, 0.4) is 0 Å². The number of para-hydroxylation sites is 1. The Hall–Kier alpha value is -3.48. The molecule has 7 heteroatoms. The van der Waals surface area contributed by atoms with Crippen LogP contribution in [0.4, 0.5) is 5.69 Å². The van der Waals surface area contributed by atoms with Gasteiger partial charge >= 0.3 is 0 Å². The highest BCUT2D eigenvalue weighted by Gasteiger charge is 2.22. The smallest absolute Gasteiger partial charge is 0.243 e.